The Kier molecular flexibility index (Phi) is 5.43. The molecule has 0 saturated heterocycles. The number of carbonyl (C=O) groups excluding carboxylic acids is 2. The molecule has 0 atom stereocenters. The first-order valence-corrected chi connectivity index (χ1v) is 8.00. The van der Waals surface area contributed by atoms with Crippen molar-refractivity contribution in [1.82, 2.24) is 4.98 Å². The zero-order valence-corrected chi connectivity index (χ0v) is 14.2. The molecule has 6 heteroatoms. The molecular weight excluding hydrogens is 334 g/mol. The third kappa shape index (κ3) is 4.16. The second-order valence-electron chi connectivity index (χ2n) is 5.40. The number of fused-ring (bicyclic) bond motifs is 1. The van der Waals surface area contributed by atoms with Crippen LogP contribution in [0.5, 0.6) is 11.5 Å². The van der Waals surface area contributed by atoms with Gasteiger partial charge in [-0.1, -0.05) is 6.07 Å². The molecule has 1 aromatic heterocycles. The lowest BCUT2D eigenvalue weighted by molar-refractivity contribution is -0.135. The van der Waals surface area contributed by atoms with Gasteiger partial charge in [0.2, 0.25) is 0 Å². The van der Waals surface area contributed by atoms with Crippen molar-refractivity contribution in [3.63, 3.8) is 0 Å². The monoisotopic (exact) mass is 351 g/mol. The van der Waals surface area contributed by atoms with Gasteiger partial charge in [-0.25, -0.2) is 4.79 Å². The van der Waals surface area contributed by atoms with E-state index in [0.29, 0.717) is 19.0 Å². The quantitative estimate of drug-likeness (QED) is 0.282. The molecule has 3 rings (SSSR count). The van der Waals surface area contributed by atoms with Crippen molar-refractivity contribution in [2.24, 2.45) is 0 Å². The Bertz CT molecular complexity index is 921. The number of esters is 1. The lowest BCUT2D eigenvalue weighted by Gasteiger charge is -2.09. The molecule has 1 heterocycles. The second kappa shape index (κ2) is 8.11. The average molecular weight is 351 g/mol. The van der Waals surface area contributed by atoms with Crippen LogP contribution < -0.4 is 9.47 Å². The minimum absolute atomic E-state index is 0.254. The van der Waals surface area contributed by atoms with Gasteiger partial charge in [-0.3, -0.25) is 9.78 Å². The summed E-state index contributed by atoms with van der Waals surface area (Å²) in [5.41, 5.74) is 1.13. The summed E-state index contributed by atoms with van der Waals surface area (Å²) in [4.78, 5) is 27.1. The number of Topliss-reactive ketones (excluding diaryl/α,β-unsaturated/α-hetero) is 1. The fraction of sp³-hybridized carbons (Fsp3) is 0.150. The molecule has 3 aromatic rings. The maximum absolute atomic E-state index is 11.7. The van der Waals surface area contributed by atoms with E-state index in [9.17, 15) is 9.59 Å². The number of hydrogen-bond acceptors (Lipinski definition) is 6. The molecule has 0 spiro atoms. The number of ether oxygens (including phenoxy) is 3. The molecular formula is C20H17NO5. The zero-order chi connectivity index (χ0) is 18.4. The van der Waals surface area contributed by atoms with Gasteiger partial charge in [0.05, 0.1) is 12.6 Å². The molecule has 2 aromatic carbocycles. The molecule has 0 aliphatic carbocycles. The van der Waals surface area contributed by atoms with Crippen LogP contribution in [-0.2, 0) is 9.53 Å². The summed E-state index contributed by atoms with van der Waals surface area (Å²) in [7, 11) is 1.17. The molecule has 0 bridgehead atoms. The van der Waals surface area contributed by atoms with Crippen molar-refractivity contribution >= 4 is 22.7 Å². The van der Waals surface area contributed by atoms with E-state index in [1.165, 1.54) is 19.2 Å². The highest BCUT2D eigenvalue weighted by atomic mass is 16.5. The number of benzene rings is 2. The first-order chi connectivity index (χ1) is 12.7. The van der Waals surface area contributed by atoms with Crippen molar-refractivity contribution in [3.05, 3.63) is 66.4 Å². The average Bonchev–Trinajstić information content (AvgIpc) is 2.70. The van der Waals surface area contributed by atoms with Crippen LogP contribution >= 0.6 is 0 Å². The molecule has 0 radical (unpaired) electrons. The van der Waals surface area contributed by atoms with E-state index in [-0.39, 0.29) is 5.56 Å². The number of pyridine rings is 1. The number of aromatic nitrogens is 1. The van der Waals surface area contributed by atoms with Crippen molar-refractivity contribution in [2.45, 2.75) is 0 Å². The third-order valence-electron chi connectivity index (χ3n) is 3.69. The molecule has 0 aliphatic heterocycles. The van der Waals surface area contributed by atoms with Gasteiger partial charge in [0, 0.05) is 23.2 Å². The number of carbonyl (C=O) groups is 2. The Labute approximate surface area is 150 Å². The maximum Gasteiger partial charge on any atom is 0.379 e. The molecule has 26 heavy (non-hydrogen) atoms. The van der Waals surface area contributed by atoms with E-state index in [0.717, 1.165) is 16.7 Å². The van der Waals surface area contributed by atoms with Crippen LogP contribution in [0.1, 0.15) is 10.4 Å². The Morgan fingerprint density at radius 1 is 0.923 bits per heavy atom. The summed E-state index contributed by atoms with van der Waals surface area (Å²) in [5.74, 6) is -0.279. The van der Waals surface area contributed by atoms with E-state index in [2.05, 4.69) is 9.72 Å². The van der Waals surface area contributed by atoms with Gasteiger partial charge in [0.25, 0.3) is 5.78 Å². The van der Waals surface area contributed by atoms with Crippen molar-refractivity contribution in [1.29, 1.82) is 0 Å². The summed E-state index contributed by atoms with van der Waals surface area (Å²) in [5, 5.41) is 1.05. The summed E-state index contributed by atoms with van der Waals surface area (Å²) in [6.07, 6.45) is 1.74. The molecule has 132 valence electrons. The smallest absolute Gasteiger partial charge is 0.379 e. The lowest BCUT2D eigenvalue weighted by Crippen LogP contribution is -2.15. The Morgan fingerprint density at radius 3 is 2.35 bits per heavy atom. The van der Waals surface area contributed by atoms with Crippen molar-refractivity contribution in [2.75, 3.05) is 20.3 Å². The Balaban J connectivity index is 1.50. The maximum atomic E-state index is 11.7. The Morgan fingerprint density at radius 2 is 1.62 bits per heavy atom. The molecule has 0 aliphatic rings. The highest BCUT2D eigenvalue weighted by molar-refractivity contribution is 6.40. The molecule has 6 nitrogen and oxygen atoms in total. The molecule has 0 saturated carbocycles. The van der Waals surface area contributed by atoms with Gasteiger partial charge < -0.3 is 14.2 Å². The fourth-order valence-electron chi connectivity index (χ4n) is 2.37. The highest BCUT2D eigenvalue weighted by Crippen LogP contribution is 2.19. The summed E-state index contributed by atoms with van der Waals surface area (Å²) in [6.45, 7) is 0.700. The number of methoxy groups -OCH3 is 1. The van der Waals surface area contributed by atoms with E-state index in [4.69, 9.17) is 9.47 Å². The van der Waals surface area contributed by atoms with E-state index in [1.807, 2.05) is 30.3 Å². The van der Waals surface area contributed by atoms with Crippen LogP contribution in [-0.4, -0.2) is 37.1 Å². The topological polar surface area (TPSA) is 74.7 Å². The van der Waals surface area contributed by atoms with Crippen LogP contribution in [0.15, 0.2) is 60.8 Å². The van der Waals surface area contributed by atoms with Gasteiger partial charge >= 0.3 is 5.97 Å². The van der Waals surface area contributed by atoms with Gasteiger partial charge in [-0.15, -0.1) is 0 Å². The number of hydrogen-bond donors (Lipinski definition) is 0. The van der Waals surface area contributed by atoms with Crippen LogP contribution in [0.4, 0.5) is 0 Å². The van der Waals surface area contributed by atoms with Gasteiger partial charge in [-0.05, 0) is 42.5 Å². The number of ketones is 1. The predicted octanol–water partition coefficient (Wildman–Crippen LogP) is 3.05. The van der Waals surface area contributed by atoms with Crippen molar-refractivity contribution in [3.8, 4) is 11.5 Å². The fourth-order valence-corrected chi connectivity index (χ4v) is 2.37. The van der Waals surface area contributed by atoms with E-state index in [1.54, 1.807) is 18.3 Å². The normalized spacial score (nSPS) is 10.3. The molecule has 0 unspecified atom stereocenters. The SMILES string of the molecule is COC(=O)C(=O)c1ccc(OCCOc2ccc3cccnc3c2)cc1. The Hall–Kier alpha value is -3.41. The van der Waals surface area contributed by atoms with Crippen molar-refractivity contribution < 1.29 is 23.8 Å². The van der Waals surface area contributed by atoms with E-state index < -0.39 is 11.8 Å². The summed E-state index contributed by atoms with van der Waals surface area (Å²) >= 11 is 0. The summed E-state index contributed by atoms with van der Waals surface area (Å²) in [6, 6.07) is 15.9. The largest absolute Gasteiger partial charge is 0.490 e. The zero-order valence-electron chi connectivity index (χ0n) is 14.2. The van der Waals surface area contributed by atoms with Gasteiger partial charge in [-0.2, -0.15) is 0 Å². The molecule has 0 N–H and O–H groups in total. The standard InChI is InChI=1S/C20H17NO5/c1-24-20(23)19(22)15-5-7-16(8-6-15)25-11-12-26-17-9-4-14-3-2-10-21-18(14)13-17/h2-10,13H,11-12H2,1H3. The third-order valence-corrected chi connectivity index (χ3v) is 3.69. The number of rotatable bonds is 7. The van der Waals surface area contributed by atoms with Crippen LogP contribution in [0, 0.1) is 0 Å². The lowest BCUT2D eigenvalue weighted by atomic mass is 10.1. The molecule has 0 amide bonds. The molecule has 0 fully saturated rings. The number of nitrogens with zero attached hydrogens (tertiary/aromatic N) is 1. The van der Waals surface area contributed by atoms with E-state index >= 15 is 0 Å². The van der Waals surface area contributed by atoms with Crippen LogP contribution in [0.2, 0.25) is 0 Å². The minimum Gasteiger partial charge on any atom is -0.490 e. The second-order valence-corrected chi connectivity index (χ2v) is 5.40. The van der Waals surface area contributed by atoms with Crippen LogP contribution in [0.25, 0.3) is 10.9 Å². The first-order valence-electron chi connectivity index (χ1n) is 8.00. The summed E-state index contributed by atoms with van der Waals surface area (Å²) < 4.78 is 15.6. The van der Waals surface area contributed by atoms with Crippen LogP contribution in [0.3, 0.4) is 0 Å². The van der Waals surface area contributed by atoms with Gasteiger partial charge in [0.15, 0.2) is 0 Å². The minimum atomic E-state index is -0.892. The first kappa shape index (κ1) is 17.4. The van der Waals surface area contributed by atoms with Gasteiger partial charge in [0.1, 0.15) is 24.7 Å². The predicted molar refractivity (Wildman–Crippen MR) is 95.5 cm³/mol. The highest BCUT2D eigenvalue weighted by Gasteiger charge is 2.16.